The molecule has 5 heteroatoms. The van der Waals surface area contributed by atoms with E-state index in [0.717, 1.165) is 11.3 Å². The van der Waals surface area contributed by atoms with Crippen LogP contribution in [0.25, 0.3) is 11.0 Å². The summed E-state index contributed by atoms with van der Waals surface area (Å²) in [7, 11) is 0. The molecule has 0 aliphatic carbocycles. The van der Waals surface area contributed by atoms with Gasteiger partial charge in [0, 0.05) is 11.3 Å². The van der Waals surface area contributed by atoms with Crippen LogP contribution in [0.15, 0.2) is 62.8 Å². The summed E-state index contributed by atoms with van der Waals surface area (Å²) < 4.78 is 11.3. The lowest BCUT2D eigenvalue weighted by molar-refractivity contribution is 0.122. The molecule has 25 heavy (non-hydrogen) atoms. The van der Waals surface area contributed by atoms with Gasteiger partial charge in [0.2, 0.25) is 0 Å². The molecule has 0 fully saturated rings. The largest absolute Gasteiger partial charge is 0.491 e. The van der Waals surface area contributed by atoms with Gasteiger partial charge in [0.05, 0.1) is 11.5 Å². The first-order valence-electron chi connectivity index (χ1n) is 8.09. The molecule has 1 atom stereocenters. The first-order chi connectivity index (χ1) is 12.0. The van der Waals surface area contributed by atoms with Crippen LogP contribution in [0.4, 0.5) is 0 Å². The zero-order valence-corrected chi connectivity index (χ0v) is 15.0. The fourth-order valence-corrected chi connectivity index (χ4v) is 3.35. The van der Waals surface area contributed by atoms with Gasteiger partial charge in [-0.3, -0.25) is 4.79 Å². The topological polar surface area (TPSA) is 59.7 Å². The van der Waals surface area contributed by atoms with E-state index in [0.29, 0.717) is 27.4 Å². The molecule has 1 aromatic heterocycles. The van der Waals surface area contributed by atoms with Crippen LogP contribution in [0.5, 0.6) is 5.75 Å². The summed E-state index contributed by atoms with van der Waals surface area (Å²) in [6, 6.07) is 15.0. The monoisotopic (exact) mass is 356 g/mol. The van der Waals surface area contributed by atoms with Crippen LogP contribution in [0.2, 0.25) is 0 Å². The average molecular weight is 356 g/mol. The molecule has 1 unspecified atom stereocenters. The third kappa shape index (κ3) is 4.24. The minimum atomic E-state index is -0.492. The van der Waals surface area contributed by atoms with Gasteiger partial charge in [0.25, 0.3) is 0 Å². The van der Waals surface area contributed by atoms with E-state index in [2.05, 4.69) is 0 Å². The van der Waals surface area contributed by atoms with Crippen molar-refractivity contribution in [2.75, 3.05) is 6.61 Å². The van der Waals surface area contributed by atoms with Crippen molar-refractivity contribution in [3.05, 3.63) is 69.9 Å². The zero-order valence-electron chi connectivity index (χ0n) is 14.2. The number of benzene rings is 2. The Morgan fingerprint density at radius 2 is 1.88 bits per heavy atom. The maximum atomic E-state index is 12.4. The number of hydrogen-bond donors (Lipinski definition) is 1. The van der Waals surface area contributed by atoms with E-state index in [1.807, 2.05) is 42.5 Å². The molecule has 4 nitrogen and oxygen atoms in total. The molecule has 0 aliphatic heterocycles. The van der Waals surface area contributed by atoms with Crippen molar-refractivity contribution in [3.8, 4) is 5.75 Å². The molecule has 0 amide bonds. The first-order valence-corrected chi connectivity index (χ1v) is 9.08. The zero-order chi connectivity index (χ0) is 17.8. The lowest BCUT2D eigenvalue weighted by atomic mass is 10.2. The maximum absolute atomic E-state index is 12.4. The van der Waals surface area contributed by atoms with Gasteiger partial charge in [0.1, 0.15) is 17.9 Å². The van der Waals surface area contributed by atoms with Crippen molar-refractivity contribution in [1.82, 2.24) is 0 Å². The third-order valence-electron chi connectivity index (χ3n) is 3.77. The highest BCUT2D eigenvalue weighted by atomic mass is 32.2. The van der Waals surface area contributed by atoms with Crippen molar-refractivity contribution in [3.63, 3.8) is 0 Å². The van der Waals surface area contributed by atoms with Crippen LogP contribution < -0.4 is 10.2 Å². The summed E-state index contributed by atoms with van der Waals surface area (Å²) in [5, 5.41) is 10.5. The van der Waals surface area contributed by atoms with Gasteiger partial charge in [-0.05, 0) is 43.7 Å². The number of ether oxygens (including phenoxy) is 1. The fraction of sp³-hybridized carbons (Fsp3) is 0.250. The maximum Gasteiger partial charge on any atom is 0.196 e. The van der Waals surface area contributed by atoms with Gasteiger partial charge in [-0.25, -0.2) is 0 Å². The molecule has 3 rings (SSSR count). The molecular formula is C20H20O4S. The molecule has 1 N–H and O–H groups in total. The molecule has 0 radical (unpaired) electrons. The molecule has 0 saturated heterocycles. The predicted octanol–water partition coefficient (Wildman–Crippen LogP) is 4.15. The highest BCUT2D eigenvalue weighted by molar-refractivity contribution is 7.98. The van der Waals surface area contributed by atoms with Crippen LogP contribution in [0, 0.1) is 6.92 Å². The van der Waals surface area contributed by atoms with Gasteiger partial charge in [-0.15, -0.1) is 0 Å². The van der Waals surface area contributed by atoms with E-state index >= 15 is 0 Å². The molecule has 0 saturated carbocycles. The number of hydrogen-bond acceptors (Lipinski definition) is 5. The normalized spacial score (nSPS) is 12.3. The second-order valence-corrected chi connectivity index (χ2v) is 6.88. The first kappa shape index (κ1) is 17.6. The number of aliphatic hydroxyl groups excluding tert-OH is 1. The highest BCUT2D eigenvalue weighted by Crippen LogP contribution is 2.28. The highest BCUT2D eigenvalue weighted by Gasteiger charge is 2.11. The molecule has 2 aromatic carbocycles. The smallest absolute Gasteiger partial charge is 0.196 e. The van der Waals surface area contributed by atoms with Gasteiger partial charge in [-0.1, -0.05) is 36.0 Å². The fourth-order valence-electron chi connectivity index (χ4n) is 2.40. The lowest BCUT2D eigenvalue weighted by Gasteiger charge is -2.09. The van der Waals surface area contributed by atoms with Crippen LogP contribution in [0.3, 0.4) is 0 Å². The van der Waals surface area contributed by atoms with E-state index < -0.39 is 6.10 Å². The summed E-state index contributed by atoms with van der Waals surface area (Å²) in [5.74, 6) is 1.42. The molecular weight excluding hydrogens is 336 g/mol. The van der Waals surface area contributed by atoms with Crippen LogP contribution >= 0.6 is 11.8 Å². The van der Waals surface area contributed by atoms with Gasteiger partial charge in [0.15, 0.2) is 10.5 Å². The van der Waals surface area contributed by atoms with Gasteiger partial charge in [-0.2, -0.15) is 0 Å². The summed E-state index contributed by atoms with van der Waals surface area (Å²) in [6.07, 6.45) is -0.492. The third-order valence-corrected chi connectivity index (χ3v) is 4.89. The Balaban J connectivity index is 1.72. The van der Waals surface area contributed by atoms with E-state index in [-0.39, 0.29) is 12.0 Å². The Morgan fingerprint density at radius 1 is 1.16 bits per heavy atom. The van der Waals surface area contributed by atoms with E-state index in [4.69, 9.17) is 9.15 Å². The van der Waals surface area contributed by atoms with Crippen molar-refractivity contribution in [2.24, 2.45) is 0 Å². The quantitative estimate of drug-likeness (QED) is 0.672. The average Bonchev–Trinajstić information content (AvgIpc) is 2.62. The van der Waals surface area contributed by atoms with Crippen molar-refractivity contribution in [2.45, 2.75) is 30.8 Å². The number of fused-ring (bicyclic) bond motifs is 1. The van der Waals surface area contributed by atoms with Crippen LogP contribution in [-0.2, 0) is 5.75 Å². The number of thioether (sulfide) groups is 1. The van der Waals surface area contributed by atoms with Crippen molar-refractivity contribution < 1.29 is 14.3 Å². The van der Waals surface area contributed by atoms with Crippen LogP contribution in [-0.4, -0.2) is 17.8 Å². The van der Waals surface area contributed by atoms with Gasteiger partial charge >= 0.3 is 0 Å². The summed E-state index contributed by atoms with van der Waals surface area (Å²) >= 11 is 1.51. The van der Waals surface area contributed by atoms with Gasteiger partial charge < -0.3 is 14.3 Å². The molecule has 0 bridgehead atoms. The number of para-hydroxylation sites is 1. The van der Waals surface area contributed by atoms with E-state index in [9.17, 15) is 9.90 Å². The minimum Gasteiger partial charge on any atom is -0.491 e. The minimum absolute atomic E-state index is 0.0196. The Labute approximate surface area is 150 Å². The summed E-state index contributed by atoms with van der Waals surface area (Å²) in [6.45, 7) is 3.76. The SMILES string of the molecule is Cc1c(SCc2ccc(OCC(C)O)cc2)oc2ccccc2c1=O. The molecule has 130 valence electrons. The van der Waals surface area contributed by atoms with Crippen molar-refractivity contribution in [1.29, 1.82) is 0 Å². The lowest BCUT2D eigenvalue weighted by Crippen LogP contribution is -2.12. The Bertz CT molecular complexity index is 913. The Hall–Kier alpha value is -2.24. The number of rotatable bonds is 6. The Morgan fingerprint density at radius 3 is 2.60 bits per heavy atom. The van der Waals surface area contributed by atoms with E-state index in [1.54, 1.807) is 19.9 Å². The molecule has 1 heterocycles. The predicted molar refractivity (Wildman–Crippen MR) is 100 cm³/mol. The molecule has 3 aromatic rings. The molecule has 0 spiro atoms. The Kier molecular flexibility index (Phi) is 5.46. The van der Waals surface area contributed by atoms with Crippen molar-refractivity contribution >= 4 is 22.7 Å². The van der Waals surface area contributed by atoms with Crippen LogP contribution in [0.1, 0.15) is 18.1 Å². The standard InChI is InChI=1S/C20H20O4S/c1-13(21)11-23-16-9-7-15(8-10-16)12-25-20-14(2)19(22)17-5-3-4-6-18(17)24-20/h3-10,13,21H,11-12H2,1-2H3. The summed E-state index contributed by atoms with van der Waals surface area (Å²) in [4.78, 5) is 12.4. The second kappa shape index (κ2) is 7.76. The summed E-state index contributed by atoms with van der Waals surface area (Å²) in [5.41, 5.74) is 2.37. The number of aliphatic hydroxyl groups is 1. The second-order valence-electron chi connectivity index (χ2n) is 5.93. The molecule has 0 aliphatic rings. The van der Waals surface area contributed by atoms with E-state index in [1.165, 1.54) is 11.8 Å².